The Morgan fingerprint density at radius 1 is 0.250 bits per heavy atom. The van der Waals surface area contributed by atoms with Crippen LogP contribution in [-0.2, 0) is 35.9 Å². The van der Waals surface area contributed by atoms with E-state index >= 15 is 0 Å². The molecule has 5 nitrogen and oxygen atoms in total. The lowest BCUT2D eigenvalue weighted by atomic mass is 9.97. The molecule has 0 aromatic heterocycles. The summed E-state index contributed by atoms with van der Waals surface area (Å²) in [5.41, 5.74) is 12.2. The van der Waals surface area contributed by atoms with Crippen LogP contribution >= 0.6 is 0 Å². The Morgan fingerprint density at radius 3 is 0.717 bits per heavy atom. The molecule has 0 heterocycles. The Morgan fingerprint density at radius 2 is 0.450 bits per heavy atom. The quantitative estimate of drug-likeness (QED) is 0.0913. The molecule has 0 N–H and O–H groups in total. The van der Waals surface area contributed by atoms with Gasteiger partial charge in [0.1, 0.15) is 0 Å². The van der Waals surface area contributed by atoms with Crippen molar-refractivity contribution in [1.29, 1.82) is 0 Å². The third kappa shape index (κ3) is 9.86. The molecule has 0 saturated heterocycles. The maximum Gasteiger partial charge on any atom is 0.193 e. The number of carbonyl (C=O) groups is 3. The molecule has 0 aliphatic rings. The minimum atomic E-state index is -0.0250. The third-order valence-electron chi connectivity index (χ3n) is 10.4. The number of hydrogen-bond donors (Lipinski definition) is 0. The van der Waals surface area contributed by atoms with Crippen LogP contribution in [0.4, 0.5) is 0 Å². The highest BCUT2D eigenvalue weighted by Gasteiger charge is 2.12. The summed E-state index contributed by atoms with van der Waals surface area (Å²) < 4.78 is 11.9. The number of ketones is 3. The fourth-order valence-electron chi connectivity index (χ4n) is 6.97. The van der Waals surface area contributed by atoms with Gasteiger partial charge in [-0.05, 0) is 44.5 Å². The van der Waals surface area contributed by atoms with Gasteiger partial charge < -0.3 is 9.47 Å². The second-order valence-electron chi connectivity index (χ2n) is 14.6. The zero-order chi connectivity index (χ0) is 41.1. The Hall–Kier alpha value is -7.31. The molecule has 0 fully saturated rings. The normalized spacial score (nSPS) is 10.9. The number of ether oxygens (including phenoxy) is 2. The van der Waals surface area contributed by atoms with Crippen LogP contribution in [0.1, 0.15) is 70.0 Å². The van der Waals surface area contributed by atoms with E-state index in [0.29, 0.717) is 59.8 Å². The Balaban J connectivity index is 0.784. The van der Waals surface area contributed by atoms with Crippen molar-refractivity contribution in [2.45, 2.75) is 26.4 Å². The number of hydrogen-bond acceptors (Lipinski definition) is 5. The van der Waals surface area contributed by atoms with Crippen LogP contribution in [0.5, 0.6) is 0 Å². The minimum Gasteiger partial charge on any atom is -0.372 e. The average Bonchev–Trinajstić information content (AvgIpc) is 3.32. The molecular weight excluding hydrogens is 741 g/mol. The largest absolute Gasteiger partial charge is 0.372 e. The van der Waals surface area contributed by atoms with E-state index in [4.69, 9.17) is 9.47 Å². The molecule has 0 atom stereocenters. The summed E-state index contributed by atoms with van der Waals surface area (Å²) in [6, 6.07) is 65.6. The standard InChI is InChI=1S/C55H42O5/c56-53(47-7-3-1-4-8-47)49-23-15-41(16-24-49)37-59-35-39-11-19-43(20-12-39)45-27-31-51(32-28-45)55(58)52-33-29-46(30-34-52)44-21-13-40(14-22-44)36-60-38-42-17-25-50(26-18-42)54(57)48-9-5-2-6-10-48/h1-34H,35-38H2. The van der Waals surface area contributed by atoms with Gasteiger partial charge in [-0.2, -0.15) is 0 Å². The summed E-state index contributed by atoms with van der Waals surface area (Å²) in [6.07, 6.45) is 0. The van der Waals surface area contributed by atoms with Gasteiger partial charge in [0.2, 0.25) is 0 Å². The Labute approximate surface area is 350 Å². The SMILES string of the molecule is O=C(c1ccccc1)c1ccc(COCc2ccc(-c3ccc(C(=O)c4ccc(-c5ccc(COCc6ccc(C(=O)c7ccccc7)cc6)cc5)cc4)cc3)cc2)cc1. The van der Waals surface area contributed by atoms with Gasteiger partial charge in [0.15, 0.2) is 17.3 Å². The van der Waals surface area contributed by atoms with Gasteiger partial charge in [0.25, 0.3) is 0 Å². The predicted molar refractivity (Wildman–Crippen MR) is 237 cm³/mol. The first-order valence-electron chi connectivity index (χ1n) is 19.9. The van der Waals surface area contributed by atoms with Gasteiger partial charge in [0, 0.05) is 33.4 Å². The molecule has 0 saturated carbocycles. The number of rotatable bonds is 16. The van der Waals surface area contributed by atoms with Gasteiger partial charge in [-0.3, -0.25) is 14.4 Å². The Bertz CT molecular complexity index is 2480. The van der Waals surface area contributed by atoms with E-state index in [1.807, 2.05) is 158 Å². The molecule has 8 rings (SSSR count). The maximum atomic E-state index is 13.4. The van der Waals surface area contributed by atoms with Gasteiger partial charge in [-0.1, -0.05) is 206 Å². The predicted octanol–water partition coefficient (Wildman–Crippen LogP) is 12.1. The monoisotopic (exact) mass is 782 g/mol. The molecule has 8 aromatic rings. The lowest BCUT2D eigenvalue weighted by Gasteiger charge is -2.09. The van der Waals surface area contributed by atoms with Crippen molar-refractivity contribution in [3.8, 4) is 22.3 Å². The molecule has 5 heteroatoms. The van der Waals surface area contributed by atoms with E-state index in [0.717, 1.165) is 44.5 Å². The third-order valence-corrected chi connectivity index (χ3v) is 10.4. The summed E-state index contributed by atoms with van der Waals surface area (Å²) in [6.45, 7) is 1.83. The Kier molecular flexibility index (Phi) is 12.5. The van der Waals surface area contributed by atoms with Crippen molar-refractivity contribution < 1.29 is 23.9 Å². The first kappa shape index (κ1) is 39.5. The molecule has 0 aliphatic carbocycles. The van der Waals surface area contributed by atoms with Gasteiger partial charge >= 0.3 is 0 Å². The zero-order valence-corrected chi connectivity index (χ0v) is 33.0. The summed E-state index contributed by atoms with van der Waals surface area (Å²) in [7, 11) is 0. The highest BCUT2D eigenvalue weighted by atomic mass is 16.5. The number of carbonyl (C=O) groups excluding carboxylic acids is 3. The lowest BCUT2D eigenvalue weighted by Crippen LogP contribution is -2.01. The van der Waals surface area contributed by atoms with Gasteiger partial charge in [-0.25, -0.2) is 0 Å². The van der Waals surface area contributed by atoms with E-state index < -0.39 is 0 Å². The molecular formula is C55H42O5. The molecule has 292 valence electrons. The fraction of sp³-hybridized carbons (Fsp3) is 0.0727. The van der Waals surface area contributed by atoms with Crippen molar-refractivity contribution in [3.63, 3.8) is 0 Å². The van der Waals surface area contributed by atoms with Crippen molar-refractivity contribution in [2.24, 2.45) is 0 Å². The minimum absolute atomic E-state index is 0.00800. The first-order chi connectivity index (χ1) is 29.5. The average molecular weight is 783 g/mol. The van der Waals surface area contributed by atoms with E-state index in [1.165, 1.54) is 0 Å². The van der Waals surface area contributed by atoms with Crippen LogP contribution < -0.4 is 0 Å². The van der Waals surface area contributed by atoms with Crippen LogP contribution in [0.15, 0.2) is 206 Å². The van der Waals surface area contributed by atoms with Crippen molar-refractivity contribution in [1.82, 2.24) is 0 Å². The van der Waals surface area contributed by atoms with Crippen LogP contribution in [0.25, 0.3) is 22.3 Å². The second kappa shape index (κ2) is 19.0. The van der Waals surface area contributed by atoms with Crippen molar-refractivity contribution >= 4 is 17.3 Å². The summed E-state index contributed by atoms with van der Waals surface area (Å²) in [4.78, 5) is 38.7. The molecule has 8 aromatic carbocycles. The summed E-state index contributed by atoms with van der Waals surface area (Å²) in [5, 5.41) is 0. The molecule has 0 radical (unpaired) electrons. The van der Waals surface area contributed by atoms with E-state index in [-0.39, 0.29) is 17.3 Å². The molecule has 0 amide bonds. The molecule has 0 unspecified atom stereocenters. The van der Waals surface area contributed by atoms with E-state index in [9.17, 15) is 14.4 Å². The van der Waals surface area contributed by atoms with Gasteiger partial charge in [0.05, 0.1) is 26.4 Å². The van der Waals surface area contributed by atoms with Gasteiger partial charge in [-0.15, -0.1) is 0 Å². The molecule has 0 spiro atoms. The first-order valence-corrected chi connectivity index (χ1v) is 19.9. The second-order valence-corrected chi connectivity index (χ2v) is 14.6. The van der Waals surface area contributed by atoms with E-state index in [2.05, 4.69) is 48.5 Å². The van der Waals surface area contributed by atoms with Crippen LogP contribution in [0, 0.1) is 0 Å². The summed E-state index contributed by atoms with van der Waals surface area (Å²) in [5.74, 6) is -0.00904. The molecule has 0 bridgehead atoms. The topological polar surface area (TPSA) is 69.7 Å². The van der Waals surface area contributed by atoms with Crippen LogP contribution in [-0.4, -0.2) is 17.3 Å². The number of benzene rings is 8. The van der Waals surface area contributed by atoms with E-state index in [1.54, 1.807) is 0 Å². The maximum absolute atomic E-state index is 13.4. The zero-order valence-electron chi connectivity index (χ0n) is 33.0. The summed E-state index contributed by atoms with van der Waals surface area (Å²) >= 11 is 0. The van der Waals surface area contributed by atoms with Crippen molar-refractivity contribution in [2.75, 3.05) is 0 Å². The molecule has 60 heavy (non-hydrogen) atoms. The highest BCUT2D eigenvalue weighted by Crippen LogP contribution is 2.25. The van der Waals surface area contributed by atoms with Crippen LogP contribution in [0.2, 0.25) is 0 Å². The lowest BCUT2D eigenvalue weighted by molar-refractivity contribution is 0.102. The molecule has 0 aliphatic heterocycles. The highest BCUT2D eigenvalue weighted by molar-refractivity contribution is 6.10. The smallest absolute Gasteiger partial charge is 0.193 e. The van der Waals surface area contributed by atoms with Crippen LogP contribution in [0.3, 0.4) is 0 Å². The fourth-order valence-corrected chi connectivity index (χ4v) is 6.97. The van der Waals surface area contributed by atoms with Crippen molar-refractivity contribution in [3.05, 3.63) is 262 Å².